The van der Waals surface area contributed by atoms with E-state index in [-0.39, 0.29) is 0 Å². The van der Waals surface area contributed by atoms with E-state index in [1.165, 1.54) is 0 Å². The molecule has 0 amide bonds. The van der Waals surface area contributed by atoms with Crippen LogP contribution < -0.4 is 0 Å². The Bertz CT molecular complexity index is 591. The zero-order chi connectivity index (χ0) is 12.5. The summed E-state index contributed by atoms with van der Waals surface area (Å²) in [5.41, 5.74) is 1.59. The van der Waals surface area contributed by atoms with Crippen molar-refractivity contribution in [2.24, 2.45) is 0 Å². The molecule has 1 atom stereocenters. The van der Waals surface area contributed by atoms with E-state index >= 15 is 0 Å². The van der Waals surface area contributed by atoms with Gasteiger partial charge in [-0.15, -0.1) is 0 Å². The quantitative estimate of drug-likeness (QED) is 0.805. The smallest absolute Gasteiger partial charge is 0.239 e. The summed E-state index contributed by atoms with van der Waals surface area (Å²) in [4.78, 5) is 3.94. The summed E-state index contributed by atoms with van der Waals surface area (Å²) >= 11 is 0. The molecule has 1 unspecified atom stereocenters. The lowest BCUT2D eigenvalue weighted by Gasteiger charge is -2.09. The highest BCUT2D eigenvalue weighted by Gasteiger charge is 2.19. The molecule has 0 bridgehead atoms. The predicted molar refractivity (Wildman–Crippen MR) is 66.8 cm³/mol. The van der Waals surface area contributed by atoms with Crippen LogP contribution in [0.1, 0.15) is 17.7 Å². The lowest BCUT2D eigenvalue weighted by Crippen LogP contribution is -2.03. The third kappa shape index (κ3) is 2.68. The van der Waals surface area contributed by atoms with Gasteiger partial charge in [-0.3, -0.25) is 0 Å². The molecule has 0 spiro atoms. The van der Waals surface area contributed by atoms with Crippen molar-refractivity contribution in [3.8, 4) is 5.69 Å². The highest BCUT2D eigenvalue weighted by molar-refractivity contribution is 8.13. The molecule has 0 aliphatic rings. The van der Waals surface area contributed by atoms with Gasteiger partial charge in [0, 0.05) is 28.8 Å². The van der Waals surface area contributed by atoms with E-state index in [9.17, 15) is 8.42 Å². The molecule has 0 fully saturated rings. The van der Waals surface area contributed by atoms with Crippen molar-refractivity contribution in [3.63, 3.8) is 0 Å². The molecular weight excluding hydrogens is 260 g/mol. The third-order valence-corrected chi connectivity index (χ3v) is 4.51. The molecule has 0 radical (unpaired) electrons. The van der Waals surface area contributed by atoms with E-state index in [2.05, 4.69) is 4.98 Å². The molecule has 1 aromatic heterocycles. The molecule has 1 aromatic carbocycles. The van der Waals surface area contributed by atoms with E-state index in [1.54, 1.807) is 31.6 Å². The minimum Gasteiger partial charge on any atom is -0.306 e. The molecule has 2 rings (SSSR count). The van der Waals surface area contributed by atoms with Crippen molar-refractivity contribution in [1.82, 2.24) is 9.55 Å². The van der Waals surface area contributed by atoms with Crippen molar-refractivity contribution in [2.75, 3.05) is 0 Å². The molecular formula is C11H11ClN2O2S. The molecule has 0 saturated heterocycles. The molecule has 4 nitrogen and oxygen atoms in total. The number of rotatable bonds is 3. The fraction of sp³-hybridized carbons (Fsp3) is 0.182. The summed E-state index contributed by atoms with van der Waals surface area (Å²) in [7, 11) is 1.75. The molecule has 17 heavy (non-hydrogen) atoms. The SMILES string of the molecule is CC(c1ccc(-n2ccnc2)cc1)S(=O)(=O)Cl. The van der Waals surface area contributed by atoms with Gasteiger partial charge in [0.2, 0.25) is 9.05 Å². The van der Waals surface area contributed by atoms with Gasteiger partial charge in [-0.25, -0.2) is 13.4 Å². The van der Waals surface area contributed by atoms with E-state index in [4.69, 9.17) is 10.7 Å². The van der Waals surface area contributed by atoms with Gasteiger partial charge in [0.15, 0.2) is 0 Å². The largest absolute Gasteiger partial charge is 0.306 e. The van der Waals surface area contributed by atoms with E-state index in [0.717, 1.165) is 5.69 Å². The number of halogens is 1. The van der Waals surface area contributed by atoms with Crippen LogP contribution in [0, 0.1) is 0 Å². The lowest BCUT2D eigenvalue weighted by molar-refractivity contribution is 0.600. The van der Waals surface area contributed by atoms with Crippen LogP contribution in [0.15, 0.2) is 43.0 Å². The summed E-state index contributed by atoms with van der Waals surface area (Å²) < 4.78 is 24.2. The summed E-state index contributed by atoms with van der Waals surface area (Å²) in [5.74, 6) is 0. The molecule has 0 saturated carbocycles. The molecule has 0 aliphatic heterocycles. The second-order valence-electron chi connectivity index (χ2n) is 3.68. The maximum Gasteiger partial charge on any atom is 0.239 e. The van der Waals surface area contributed by atoms with Gasteiger partial charge < -0.3 is 4.57 Å². The van der Waals surface area contributed by atoms with Crippen LogP contribution in [0.5, 0.6) is 0 Å². The number of imidazole rings is 1. The second-order valence-corrected chi connectivity index (χ2v) is 6.63. The minimum atomic E-state index is -3.57. The Morgan fingerprint density at radius 1 is 1.29 bits per heavy atom. The van der Waals surface area contributed by atoms with Gasteiger partial charge in [0.25, 0.3) is 0 Å². The van der Waals surface area contributed by atoms with Gasteiger partial charge in [-0.1, -0.05) is 12.1 Å². The van der Waals surface area contributed by atoms with Crippen LogP contribution >= 0.6 is 10.7 Å². The van der Waals surface area contributed by atoms with Crippen LogP contribution in [0.3, 0.4) is 0 Å². The summed E-state index contributed by atoms with van der Waals surface area (Å²) in [6, 6.07) is 7.16. The number of benzene rings is 1. The van der Waals surface area contributed by atoms with Crippen molar-refractivity contribution in [1.29, 1.82) is 0 Å². The Hall–Kier alpha value is -1.33. The Morgan fingerprint density at radius 3 is 2.41 bits per heavy atom. The van der Waals surface area contributed by atoms with Crippen molar-refractivity contribution in [3.05, 3.63) is 48.5 Å². The average molecular weight is 271 g/mol. The molecule has 0 aliphatic carbocycles. The van der Waals surface area contributed by atoms with Crippen LogP contribution in [0.4, 0.5) is 0 Å². The highest BCUT2D eigenvalue weighted by Crippen LogP contribution is 2.25. The van der Waals surface area contributed by atoms with Crippen molar-refractivity contribution in [2.45, 2.75) is 12.2 Å². The Labute approximate surface area is 104 Å². The van der Waals surface area contributed by atoms with E-state index in [0.29, 0.717) is 5.56 Å². The van der Waals surface area contributed by atoms with Crippen LogP contribution in [0.25, 0.3) is 5.69 Å². The number of aromatic nitrogens is 2. The number of nitrogens with zero attached hydrogens (tertiary/aromatic N) is 2. The molecule has 6 heteroatoms. The molecule has 0 N–H and O–H groups in total. The summed E-state index contributed by atoms with van der Waals surface area (Å²) in [6.45, 7) is 1.56. The molecule has 1 heterocycles. The first-order chi connectivity index (χ1) is 7.98. The first kappa shape index (κ1) is 12.1. The van der Waals surface area contributed by atoms with Crippen LogP contribution in [-0.4, -0.2) is 18.0 Å². The first-order valence-corrected chi connectivity index (χ1v) is 7.37. The summed E-state index contributed by atoms with van der Waals surface area (Å²) in [6.07, 6.45) is 5.17. The lowest BCUT2D eigenvalue weighted by atomic mass is 10.1. The zero-order valence-electron chi connectivity index (χ0n) is 9.12. The highest BCUT2D eigenvalue weighted by atomic mass is 35.7. The second kappa shape index (κ2) is 4.50. The Kier molecular flexibility index (Phi) is 3.22. The maximum absolute atomic E-state index is 11.2. The van der Waals surface area contributed by atoms with Crippen molar-refractivity contribution >= 4 is 19.7 Å². The fourth-order valence-electron chi connectivity index (χ4n) is 1.49. The van der Waals surface area contributed by atoms with Gasteiger partial charge in [-0.05, 0) is 24.6 Å². The van der Waals surface area contributed by atoms with Crippen LogP contribution in [-0.2, 0) is 9.05 Å². The summed E-state index contributed by atoms with van der Waals surface area (Å²) in [5, 5.41) is -0.707. The van der Waals surface area contributed by atoms with Crippen LogP contribution in [0.2, 0.25) is 0 Å². The van der Waals surface area contributed by atoms with Gasteiger partial charge in [-0.2, -0.15) is 0 Å². The molecule has 2 aromatic rings. The average Bonchev–Trinajstić information content (AvgIpc) is 2.80. The standard InChI is InChI=1S/C11H11ClN2O2S/c1-9(17(12,15)16)10-2-4-11(5-3-10)14-7-6-13-8-14/h2-9H,1H3. The fourth-order valence-corrected chi connectivity index (χ4v) is 2.28. The topological polar surface area (TPSA) is 52.0 Å². The Morgan fingerprint density at radius 2 is 1.94 bits per heavy atom. The third-order valence-electron chi connectivity index (χ3n) is 2.59. The monoisotopic (exact) mass is 270 g/mol. The van der Waals surface area contributed by atoms with E-state index < -0.39 is 14.3 Å². The van der Waals surface area contributed by atoms with Gasteiger partial charge in [0.1, 0.15) is 0 Å². The number of hydrogen-bond donors (Lipinski definition) is 0. The van der Waals surface area contributed by atoms with Gasteiger partial charge in [0.05, 0.1) is 11.6 Å². The maximum atomic E-state index is 11.2. The van der Waals surface area contributed by atoms with E-state index in [1.807, 2.05) is 22.9 Å². The van der Waals surface area contributed by atoms with Gasteiger partial charge >= 0.3 is 0 Å². The Balaban J connectivity index is 2.31. The van der Waals surface area contributed by atoms with Crippen molar-refractivity contribution < 1.29 is 8.42 Å². The predicted octanol–water partition coefficient (Wildman–Crippen LogP) is 2.50. The first-order valence-electron chi connectivity index (χ1n) is 5.00. The zero-order valence-corrected chi connectivity index (χ0v) is 10.7. The minimum absolute atomic E-state index is 0.670. The normalized spacial score (nSPS) is 13.5. The molecule has 90 valence electrons. The number of hydrogen-bond acceptors (Lipinski definition) is 3.